The highest BCUT2D eigenvalue weighted by Gasteiger charge is 2.48. The van der Waals surface area contributed by atoms with E-state index in [1.807, 2.05) is 0 Å². The first-order valence-corrected chi connectivity index (χ1v) is 10.5. The SMILES string of the molecule is CCCCO[Si](OCCCC)(OCCCC)C(Cl)CC. The fourth-order valence-corrected chi connectivity index (χ4v) is 4.87. The summed E-state index contributed by atoms with van der Waals surface area (Å²) in [6, 6.07) is 0. The molecule has 0 saturated heterocycles. The number of unbranched alkanes of at least 4 members (excludes halogenated alkanes) is 3. The summed E-state index contributed by atoms with van der Waals surface area (Å²) in [5, 5.41) is -0.145. The Labute approximate surface area is 131 Å². The van der Waals surface area contributed by atoms with Gasteiger partial charge in [-0.3, -0.25) is 0 Å². The topological polar surface area (TPSA) is 27.7 Å². The largest absolute Gasteiger partial charge is 0.519 e. The first-order chi connectivity index (χ1) is 9.66. The van der Waals surface area contributed by atoms with Gasteiger partial charge in [-0.1, -0.05) is 47.0 Å². The van der Waals surface area contributed by atoms with Gasteiger partial charge < -0.3 is 13.3 Å². The maximum absolute atomic E-state index is 6.51. The predicted molar refractivity (Wildman–Crippen MR) is 88.3 cm³/mol. The fourth-order valence-electron chi connectivity index (χ4n) is 1.72. The Morgan fingerprint density at radius 1 is 0.750 bits per heavy atom. The average Bonchev–Trinajstić information content (AvgIpc) is 2.46. The van der Waals surface area contributed by atoms with E-state index in [1.165, 1.54) is 0 Å². The fraction of sp³-hybridized carbons (Fsp3) is 1.00. The predicted octanol–water partition coefficient (Wildman–Crippen LogP) is 4.93. The van der Waals surface area contributed by atoms with Crippen LogP contribution in [-0.4, -0.2) is 33.6 Å². The lowest BCUT2D eigenvalue weighted by atomic mass is 10.4. The van der Waals surface area contributed by atoms with Crippen LogP contribution in [0.1, 0.15) is 72.6 Å². The zero-order valence-corrected chi connectivity index (χ0v) is 15.5. The molecule has 1 atom stereocenters. The molecule has 0 aromatic rings. The van der Waals surface area contributed by atoms with Gasteiger partial charge in [0, 0.05) is 19.8 Å². The molecule has 0 fully saturated rings. The molecule has 0 saturated carbocycles. The lowest BCUT2D eigenvalue weighted by Crippen LogP contribution is -2.54. The molecule has 122 valence electrons. The average molecular weight is 325 g/mol. The quantitative estimate of drug-likeness (QED) is 0.257. The van der Waals surface area contributed by atoms with Crippen LogP contribution in [0.3, 0.4) is 0 Å². The Bertz CT molecular complexity index is 191. The summed E-state index contributed by atoms with van der Waals surface area (Å²) < 4.78 is 18.2. The van der Waals surface area contributed by atoms with E-state index in [4.69, 9.17) is 24.9 Å². The van der Waals surface area contributed by atoms with Crippen LogP contribution in [0.4, 0.5) is 0 Å². The van der Waals surface area contributed by atoms with E-state index in [-0.39, 0.29) is 5.00 Å². The summed E-state index contributed by atoms with van der Waals surface area (Å²) in [6.45, 7) is 10.6. The third kappa shape index (κ3) is 7.98. The van der Waals surface area contributed by atoms with E-state index in [2.05, 4.69) is 27.7 Å². The van der Waals surface area contributed by atoms with Gasteiger partial charge in [0.2, 0.25) is 0 Å². The molecular weight excluding hydrogens is 292 g/mol. The van der Waals surface area contributed by atoms with Crippen LogP contribution in [0.5, 0.6) is 0 Å². The smallest absolute Gasteiger partial charge is 0.373 e. The van der Waals surface area contributed by atoms with E-state index >= 15 is 0 Å². The first kappa shape index (κ1) is 20.4. The normalized spacial score (nSPS) is 13.7. The Kier molecular flexibility index (Phi) is 13.3. The van der Waals surface area contributed by atoms with Crippen molar-refractivity contribution in [1.29, 1.82) is 0 Å². The number of hydrogen-bond donors (Lipinski definition) is 0. The van der Waals surface area contributed by atoms with Crippen molar-refractivity contribution in [3.63, 3.8) is 0 Å². The third-order valence-electron chi connectivity index (χ3n) is 3.15. The lowest BCUT2D eigenvalue weighted by Gasteiger charge is -2.32. The minimum absolute atomic E-state index is 0.145. The molecule has 0 amide bonds. The van der Waals surface area contributed by atoms with Gasteiger partial charge in [0.1, 0.15) is 5.00 Å². The van der Waals surface area contributed by atoms with Crippen LogP contribution in [0.15, 0.2) is 0 Å². The molecule has 0 aliphatic heterocycles. The van der Waals surface area contributed by atoms with Gasteiger partial charge in [0.15, 0.2) is 0 Å². The van der Waals surface area contributed by atoms with Crippen molar-refractivity contribution in [2.45, 2.75) is 77.6 Å². The van der Waals surface area contributed by atoms with E-state index in [0.717, 1.165) is 44.9 Å². The van der Waals surface area contributed by atoms with Crippen molar-refractivity contribution in [2.75, 3.05) is 19.8 Å². The number of hydrogen-bond acceptors (Lipinski definition) is 3. The minimum Gasteiger partial charge on any atom is -0.373 e. The lowest BCUT2D eigenvalue weighted by molar-refractivity contribution is 0.0537. The standard InChI is InChI=1S/C15H33ClO3Si/c1-5-9-12-17-20(15(16)8-4,18-13-10-6-2)19-14-11-7-3/h15H,5-14H2,1-4H3. The Hall–Kier alpha value is 0.387. The third-order valence-corrected chi connectivity index (χ3v) is 7.25. The monoisotopic (exact) mass is 324 g/mol. The van der Waals surface area contributed by atoms with Gasteiger partial charge in [-0.05, 0) is 25.7 Å². The zero-order valence-electron chi connectivity index (χ0n) is 13.8. The van der Waals surface area contributed by atoms with Crippen LogP contribution in [0.25, 0.3) is 0 Å². The molecule has 0 aliphatic carbocycles. The van der Waals surface area contributed by atoms with E-state index in [1.54, 1.807) is 0 Å². The van der Waals surface area contributed by atoms with Gasteiger partial charge in [0.05, 0.1) is 0 Å². The molecule has 0 aliphatic rings. The number of rotatable bonds is 14. The second kappa shape index (κ2) is 13.1. The molecule has 20 heavy (non-hydrogen) atoms. The van der Waals surface area contributed by atoms with Gasteiger partial charge in [-0.25, -0.2) is 0 Å². The summed E-state index contributed by atoms with van der Waals surface area (Å²) in [7, 11) is -2.75. The van der Waals surface area contributed by atoms with Crippen LogP contribution >= 0.6 is 11.6 Å². The maximum atomic E-state index is 6.51. The Morgan fingerprint density at radius 3 is 1.35 bits per heavy atom. The van der Waals surface area contributed by atoms with Gasteiger partial charge >= 0.3 is 8.80 Å². The number of halogens is 1. The Balaban J connectivity index is 4.66. The van der Waals surface area contributed by atoms with Crippen molar-refractivity contribution in [3.8, 4) is 0 Å². The highest BCUT2D eigenvalue weighted by atomic mass is 35.5. The Morgan fingerprint density at radius 2 is 1.10 bits per heavy atom. The van der Waals surface area contributed by atoms with Crippen LogP contribution < -0.4 is 0 Å². The van der Waals surface area contributed by atoms with E-state index in [0.29, 0.717) is 19.8 Å². The highest BCUT2D eigenvalue weighted by molar-refractivity contribution is 6.71. The van der Waals surface area contributed by atoms with Gasteiger partial charge in [-0.2, -0.15) is 0 Å². The molecule has 1 unspecified atom stereocenters. The molecule has 3 nitrogen and oxygen atoms in total. The number of alkyl halides is 1. The van der Waals surface area contributed by atoms with Crippen molar-refractivity contribution in [1.82, 2.24) is 0 Å². The van der Waals surface area contributed by atoms with E-state index in [9.17, 15) is 0 Å². The summed E-state index contributed by atoms with van der Waals surface area (Å²) in [6.07, 6.45) is 7.20. The van der Waals surface area contributed by atoms with Crippen LogP contribution in [0, 0.1) is 0 Å². The van der Waals surface area contributed by atoms with Crippen molar-refractivity contribution in [3.05, 3.63) is 0 Å². The van der Waals surface area contributed by atoms with Gasteiger partial charge in [-0.15, -0.1) is 11.6 Å². The maximum Gasteiger partial charge on any atom is 0.519 e. The van der Waals surface area contributed by atoms with Crippen molar-refractivity contribution >= 4 is 20.4 Å². The second-order valence-corrected chi connectivity index (χ2v) is 8.75. The van der Waals surface area contributed by atoms with Crippen LogP contribution in [-0.2, 0) is 13.3 Å². The molecule has 0 radical (unpaired) electrons. The molecule has 0 heterocycles. The molecule has 0 bridgehead atoms. The second-order valence-electron chi connectivity index (χ2n) is 5.09. The summed E-state index contributed by atoms with van der Waals surface area (Å²) >= 11 is 6.51. The van der Waals surface area contributed by atoms with Crippen LogP contribution in [0.2, 0.25) is 0 Å². The van der Waals surface area contributed by atoms with Crippen molar-refractivity contribution in [2.24, 2.45) is 0 Å². The molecular formula is C15H33ClO3Si. The molecule has 0 aromatic heterocycles. The summed E-state index contributed by atoms with van der Waals surface area (Å²) in [4.78, 5) is 0. The molecule has 0 aromatic carbocycles. The van der Waals surface area contributed by atoms with Gasteiger partial charge in [0.25, 0.3) is 0 Å². The highest BCUT2D eigenvalue weighted by Crippen LogP contribution is 2.24. The molecule has 0 N–H and O–H groups in total. The summed E-state index contributed by atoms with van der Waals surface area (Å²) in [5.41, 5.74) is 0. The van der Waals surface area contributed by atoms with E-state index < -0.39 is 8.80 Å². The first-order valence-electron chi connectivity index (χ1n) is 8.22. The molecule has 0 rings (SSSR count). The molecule has 5 heteroatoms. The summed E-state index contributed by atoms with van der Waals surface area (Å²) in [5.74, 6) is 0. The molecule has 0 spiro atoms. The zero-order chi connectivity index (χ0) is 15.3. The van der Waals surface area contributed by atoms with Crippen molar-refractivity contribution < 1.29 is 13.3 Å². The minimum atomic E-state index is -2.75.